The molecule has 2 N–H and O–H groups in total. The second-order valence-electron chi connectivity index (χ2n) is 7.78. The van der Waals surface area contributed by atoms with Crippen LogP contribution in [0.5, 0.6) is 0 Å². The molecule has 0 unspecified atom stereocenters. The molecule has 0 spiro atoms. The molecule has 0 aliphatic rings. The Morgan fingerprint density at radius 1 is 0.966 bits per heavy atom. The molecular weight excluding hydrogens is 366 g/mol. The highest BCUT2D eigenvalue weighted by molar-refractivity contribution is 6.11. The molecule has 7 nitrogen and oxygen atoms in total. The van der Waals surface area contributed by atoms with E-state index in [4.69, 9.17) is 0 Å². The van der Waals surface area contributed by atoms with Crippen molar-refractivity contribution in [1.82, 2.24) is 19.7 Å². The SMILES string of the molecule is CC(C)(C)NC(=O)c1nc(C(=O)Nc2cccc3cccnc23)c2ccccn12. The number of amides is 2. The number of aromatic nitrogens is 3. The summed E-state index contributed by atoms with van der Waals surface area (Å²) in [6.45, 7) is 5.67. The number of para-hydroxylation sites is 1. The molecule has 0 fully saturated rings. The van der Waals surface area contributed by atoms with E-state index in [0.717, 1.165) is 5.39 Å². The second kappa shape index (κ2) is 7.01. The number of pyridine rings is 2. The van der Waals surface area contributed by atoms with Gasteiger partial charge in [-0.25, -0.2) is 4.98 Å². The third-order valence-electron chi connectivity index (χ3n) is 4.34. The molecule has 0 saturated carbocycles. The monoisotopic (exact) mass is 387 g/mol. The Morgan fingerprint density at radius 2 is 1.76 bits per heavy atom. The summed E-state index contributed by atoms with van der Waals surface area (Å²) in [4.78, 5) is 34.5. The summed E-state index contributed by atoms with van der Waals surface area (Å²) in [5, 5.41) is 6.70. The van der Waals surface area contributed by atoms with Crippen LogP contribution in [0.1, 0.15) is 41.9 Å². The van der Waals surface area contributed by atoms with Crippen LogP contribution in [0.2, 0.25) is 0 Å². The van der Waals surface area contributed by atoms with Crippen molar-refractivity contribution < 1.29 is 9.59 Å². The number of nitrogens with one attached hydrogen (secondary N) is 2. The number of hydrogen-bond acceptors (Lipinski definition) is 4. The van der Waals surface area contributed by atoms with Crippen LogP contribution < -0.4 is 10.6 Å². The quantitative estimate of drug-likeness (QED) is 0.561. The van der Waals surface area contributed by atoms with Crippen LogP contribution >= 0.6 is 0 Å². The van der Waals surface area contributed by atoms with E-state index in [1.165, 1.54) is 0 Å². The molecule has 0 radical (unpaired) electrons. The maximum Gasteiger partial charge on any atom is 0.288 e. The van der Waals surface area contributed by atoms with Crippen molar-refractivity contribution in [2.75, 3.05) is 5.32 Å². The Morgan fingerprint density at radius 3 is 2.55 bits per heavy atom. The average Bonchev–Trinajstić information content (AvgIpc) is 3.07. The van der Waals surface area contributed by atoms with E-state index < -0.39 is 11.4 Å². The van der Waals surface area contributed by atoms with Crippen LogP contribution in [0.15, 0.2) is 60.9 Å². The van der Waals surface area contributed by atoms with Crippen LogP contribution in [0, 0.1) is 0 Å². The van der Waals surface area contributed by atoms with E-state index in [0.29, 0.717) is 16.7 Å². The van der Waals surface area contributed by atoms with Crippen molar-refractivity contribution in [1.29, 1.82) is 0 Å². The van der Waals surface area contributed by atoms with Gasteiger partial charge in [-0.1, -0.05) is 24.3 Å². The molecule has 4 rings (SSSR count). The van der Waals surface area contributed by atoms with Gasteiger partial charge in [0.2, 0.25) is 5.82 Å². The highest BCUT2D eigenvalue weighted by atomic mass is 16.2. The van der Waals surface area contributed by atoms with Crippen LogP contribution in [0.4, 0.5) is 5.69 Å². The van der Waals surface area contributed by atoms with Crippen LogP contribution in [0.25, 0.3) is 16.4 Å². The molecule has 0 atom stereocenters. The largest absolute Gasteiger partial charge is 0.345 e. The van der Waals surface area contributed by atoms with Gasteiger partial charge in [0.05, 0.1) is 16.7 Å². The van der Waals surface area contributed by atoms with E-state index in [1.54, 1.807) is 41.1 Å². The van der Waals surface area contributed by atoms with Gasteiger partial charge >= 0.3 is 0 Å². The van der Waals surface area contributed by atoms with Crippen LogP contribution in [0.3, 0.4) is 0 Å². The lowest BCUT2D eigenvalue weighted by molar-refractivity contribution is 0.0908. The van der Waals surface area contributed by atoms with Gasteiger partial charge in [-0.3, -0.25) is 19.0 Å². The van der Waals surface area contributed by atoms with E-state index in [-0.39, 0.29) is 17.4 Å². The predicted molar refractivity (Wildman–Crippen MR) is 112 cm³/mol. The van der Waals surface area contributed by atoms with Gasteiger partial charge in [-0.15, -0.1) is 0 Å². The second-order valence-corrected chi connectivity index (χ2v) is 7.78. The van der Waals surface area contributed by atoms with Crippen molar-refractivity contribution in [3.8, 4) is 0 Å². The smallest absolute Gasteiger partial charge is 0.288 e. The summed E-state index contributed by atoms with van der Waals surface area (Å²) in [5.74, 6) is -0.581. The maximum atomic E-state index is 13.0. The van der Waals surface area contributed by atoms with Crippen molar-refractivity contribution >= 4 is 33.9 Å². The molecule has 3 aromatic heterocycles. The molecule has 146 valence electrons. The van der Waals surface area contributed by atoms with Gasteiger partial charge < -0.3 is 10.6 Å². The number of benzene rings is 1. The topological polar surface area (TPSA) is 88.4 Å². The Kier molecular flexibility index (Phi) is 4.50. The standard InChI is InChI=1S/C22H21N5O2/c1-22(2,3)26-21(29)19-25-18(16-11-4-5-13-27(16)19)20(28)24-15-10-6-8-14-9-7-12-23-17(14)15/h4-13H,1-3H3,(H,24,28)(H,26,29). The Bertz CT molecular complexity index is 1230. The summed E-state index contributed by atoms with van der Waals surface area (Å²) < 4.78 is 1.62. The van der Waals surface area contributed by atoms with E-state index in [2.05, 4.69) is 20.6 Å². The van der Waals surface area contributed by atoms with Gasteiger partial charge in [-0.05, 0) is 45.0 Å². The highest BCUT2D eigenvalue weighted by Crippen LogP contribution is 2.22. The van der Waals surface area contributed by atoms with Crippen molar-refractivity contribution in [3.63, 3.8) is 0 Å². The zero-order valence-electron chi connectivity index (χ0n) is 16.4. The minimum Gasteiger partial charge on any atom is -0.345 e. The Balaban J connectivity index is 1.74. The molecule has 2 amide bonds. The average molecular weight is 387 g/mol. The van der Waals surface area contributed by atoms with E-state index in [9.17, 15) is 9.59 Å². The lowest BCUT2D eigenvalue weighted by Crippen LogP contribution is -2.41. The molecule has 1 aromatic carbocycles. The van der Waals surface area contributed by atoms with Gasteiger partial charge in [0.25, 0.3) is 11.8 Å². The van der Waals surface area contributed by atoms with Crippen LogP contribution in [-0.4, -0.2) is 31.7 Å². The van der Waals surface area contributed by atoms with E-state index >= 15 is 0 Å². The molecule has 0 aliphatic carbocycles. The first-order valence-corrected chi connectivity index (χ1v) is 9.28. The molecule has 0 saturated heterocycles. The first-order valence-electron chi connectivity index (χ1n) is 9.28. The number of rotatable bonds is 3. The first-order chi connectivity index (χ1) is 13.8. The van der Waals surface area contributed by atoms with Crippen LogP contribution in [-0.2, 0) is 0 Å². The number of anilines is 1. The molecule has 0 aliphatic heterocycles. The predicted octanol–water partition coefficient (Wildman–Crippen LogP) is 3.66. The summed E-state index contributed by atoms with van der Waals surface area (Å²) in [6.07, 6.45) is 3.40. The molecule has 7 heteroatoms. The number of nitrogens with zero attached hydrogens (tertiary/aromatic N) is 3. The molecule has 4 aromatic rings. The minimum absolute atomic E-state index is 0.164. The molecular formula is C22H21N5O2. The van der Waals surface area contributed by atoms with Gasteiger partial charge in [0.15, 0.2) is 5.69 Å². The summed E-state index contributed by atoms with van der Waals surface area (Å²) in [5.41, 5.74) is 1.59. The molecule has 29 heavy (non-hydrogen) atoms. The number of hydrogen-bond donors (Lipinski definition) is 2. The zero-order valence-corrected chi connectivity index (χ0v) is 16.4. The summed E-state index contributed by atoms with van der Waals surface area (Å²) in [6, 6.07) is 14.7. The molecule has 3 heterocycles. The number of imidazole rings is 1. The third kappa shape index (κ3) is 3.67. The lowest BCUT2D eigenvalue weighted by atomic mass is 10.1. The number of fused-ring (bicyclic) bond motifs is 2. The highest BCUT2D eigenvalue weighted by Gasteiger charge is 2.24. The van der Waals surface area contributed by atoms with E-state index in [1.807, 2.05) is 45.0 Å². The molecule has 0 bridgehead atoms. The zero-order chi connectivity index (χ0) is 20.6. The van der Waals surface area contributed by atoms with Crippen molar-refractivity contribution in [2.24, 2.45) is 0 Å². The van der Waals surface area contributed by atoms with Gasteiger partial charge in [-0.2, -0.15) is 0 Å². The van der Waals surface area contributed by atoms with Gasteiger partial charge in [0, 0.05) is 23.3 Å². The fourth-order valence-corrected chi connectivity index (χ4v) is 3.15. The first kappa shape index (κ1) is 18.6. The number of carbonyl (C=O) groups is 2. The van der Waals surface area contributed by atoms with Gasteiger partial charge in [0.1, 0.15) is 0 Å². The Labute approximate surface area is 167 Å². The summed E-state index contributed by atoms with van der Waals surface area (Å²) >= 11 is 0. The number of carbonyl (C=O) groups excluding carboxylic acids is 2. The fraction of sp³-hybridized carbons (Fsp3) is 0.182. The van der Waals surface area contributed by atoms with Crippen molar-refractivity contribution in [3.05, 3.63) is 72.4 Å². The summed E-state index contributed by atoms with van der Waals surface area (Å²) in [7, 11) is 0. The lowest BCUT2D eigenvalue weighted by Gasteiger charge is -2.19. The third-order valence-corrected chi connectivity index (χ3v) is 4.34. The normalized spacial score (nSPS) is 11.6. The minimum atomic E-state index is -0.422. The Hall–Kier alpha value is -3.74. The maximum absolute atomic E-state index is 13.0. The van der Waals surface area contributed by atoms with Crippen molar-refractivity contribution in [2.45, 2.75) is 26.3 Å². The fourth-order valence-electron chi connectivity index (χ4n) is 3.15.